The van der Waals surface area contributed by atoms with E-state index in [2.05, 4.69) is 15.5 Å². The van der Waals surface area contributed by atoms with Crippen LogP contribution in [0.15, 0.2) is 42.5 Å². The van der Waals surface area contributed by atoms with Gasteiger partial charge in [0.2, 0.25) is 0 Å². The number of nitrogens with one attached hydrogen (secondary N) is 2. The molecule has 0 radical (unpaired) electrons. The van der Waals surface area contributed by atoms with Crippen molar-refractivity contribution in [3.05, 3.63) is 53.6 Å². The standard InChI is InChI=1S/C29H39N5O4/c1-29(2,3)31-28(37)34-17-15-32(16-18-34)25-12-11-22(20-24(25)27(36)33-13-6-5-7-14-33)30-26(35)21-9-8-10-23(19-21)38-4/h8-12,19-20H,5-7,13-18H2,1-4H3,(H,30,35)(H,31,37). The predicted octanol–water partition coefficient (Wildman–Crippen LogP) is 4.20. The molecule has 0 spiro atoms. The predicted molar refractivity (Wildman–Crippen MR) is 149 cm³/mol. The van der Waals surface area contributed by atoms with E-state index >= 15 is 0 Å². The van der Waals surface area contributed by atoms with Gasteiger partial charge in [-0.1, -0.05) is 6.07 Å². The van der Waals surface area contributed by atoms with Crippen LogP contribution in [0.4, 0.5) is 16.2 Å². The van der Waals surface area contributed by atoms with Crippen molar-refractivity contribution in [2.75, 3.05) is 56.6 Å². The fourth-order valence-electron chi connectivity index (χ4n) is 4.85. The average Bonchev–Trinajstić information content (AvgIpc) is 2.92. The molecule has 2 N–H and O–H groups in total. The molecular weight excluding hydrogens is 482 g/mol. The number of nitrogens with zero attached hydrogens (tertiary/aromatic N) is 3. The van der Waals surface area contributed by atoms with Gasteiger partial charge in [0.15, 0.2) is 0 Å². The summed E-state index contributed by atoms with van der Waals surface area (Å²) in [6.07, 6.45) is 3.12. The molecular formula is C29H39N5O4. The molecule has 204 valence electrons. The Bertz CT molecular complexity index is 1160. The molecule has 2 saturated heterocycles. The number of amides is 4. The molecule has 2 fully saturated rings. The highest BCUT2D eigenvalue weighted by atomic mass is 16.5. The van der Waals surface area contributed by atoms with Gasteiger partial charge in [-0.25, -0.2) is 4.79 Å². The normalized spacial score (nSPS) is 16.2. The average molecular weight is 522 g/mol. The summed E-state index contributed by atoms with van der Waals surface area (Å²) < 4.78 is 5.24. The minimum absolute atomic E-state index is 0.0231. The highest BCUT2D eigenvalue weighted by Crippen LogP contribution is 2.28. The van der Waals surface area contributed by atoms with Gasteiger partial charge < -0.3 is 30.1 Å². The fraction of sp³-hybridized carbons (Fsp3) is 0.483. The van der Waals surface area contributed by atoms with Crippen LogP contribution in [0.2, 0.25) is 0 Å². The van der Waals surface area contributed by atoms with E-state index in [-0.39, 0.29) is 23.4 Å². The first-order chi connectivity index (χ1) is 18.1. The lowest BCUT2D eigenvalue weighted by Gasteiger charge is -2.38. The fourth-order valence-corrected chi connectivity index (χ4v) is 4.85. The highest BCUT2D eigenvalue weighted by Gasteiger charge is 2.28. The van der Waals surface area contributed by atoms with E-state index in [1.165, 1.54) is 0 Å². The van der Waals surface area contributed by atoms with Crippen molar-refractivity contribution in [3.63, 3.8) is 0 Å². The Balaban J connectivity index is 1.54. The minimum Gasteiger partial charge on any atom is -0.497 e. The first-order valence-electron chi connectivity index (χ1n) is 13.4. The van der Waals surface area contributed by atoms with E-state index in [9.17, 15) is 14.4 Å². The van der Waals surface area contributed by atoms with Crippen molar-refractivity contribution >= 4 is 29.2 Å². The highest BCUT2D eigenvalue weighted by molar-refractivity contribution is 6.06. The molecule has 2 aliphatic heterocycles. The molecule has 0 aromatic heterocycles. The number of hydrogen-bond acceptors (Lipinski definition) is 5. The largest absolute Gasteiger partial charge is 0.497 e. The first-order valence-corrected chi connectivity index (χ1v) is 13.4. The van der Waals surface area contributed by atoms with Crippen LogP contribution in [0.3, 0.4) is 0 Å². The maximum absolute atomic E-state index is 13.7. The van der Waals surface area contributed by atoms with Gasteiger partial charge in [0.25, 0.3) is 11.8 Å². The topological polar surface area (TPSA) is 94.2 Å². The molecule has 0 aliphatic carbocycles. The minimum atomic E-state index is -0.298. The van der Waals surface area contributed by atoms with E-state index in [0.29, 0.717) is 48.7 Å². The maximum Gasteiger partial charge on any atom is 0.317 e. The Morgan fingerprint density at radius 3 is 2.21 bits per heavy atom. The summed E-state index contributed by atoms with van der Waals surface area (Å²) in [6.45, 7) is 9.73. The summed E-state index contributed by atoms with van der Waals surface area (Å²) >= 11 is 0. The lowest BCUT2D eigenvalue weighted by atomic mass is 10.1. The van der Waals surface area contributed by atoms with Gasteiger partial charge in [-0.15, -0.1) is 0 Å². The van der Waals surface area contributed by atoms with Crippen molar-refractivity contribution in [1.82, 2.24) is 15.1 Å². The van der Waals surface area contributed by atoms with Crippen molar-refractivity contribution in [1.29, 1.82) is 0 Å². The third-order valence-electron chi connectivity index (χ3n) is 6.85. The van der Waals surface area contributed by atoms with Crippen molar-refractivity contribution in [2.24, 2.45) is 0 Å². The Morgan fingerprint density at radius 2 is 1.55 bits per heavy atom. The maximum atomic E-state index is 13.7. The number of likely N-dealkylation sites (tertiary alicyclic amines) is 1. The lowest BCUT2D eigenvalue weighted by Crippen LogP contribution is -2.55. The Hall–Kier alpha value is -3.75. The molecule has 38 heavy (non-hydrogen) atoms. The number of carbonyl (C=O) groups is 3. The molecule has 0 atom stereocenters. The van der Waals surface area contributed by atoms with Crippen LogP contribution in [-0.4, -0.2) is 79.6 Å². The summed E-state index contributed by atoms with van der Waals surface area (Å²) in [5, 5.41) is 5.96. The third-order valence-corrected chi connectivity index (χ3v) is 6.85. The molecule has 2 aromatic carbocycles. The number of anilines is 2. The monoisotopic (exact) mass is 521 g/mol. The Kier molecular flexibility index (Phi) is 8.44. The molecule has 2 heterocycles. The number of benzene rings is 2. The SMILES string of the molecule is COc1cccc(C(=O)Nc2ccc(N3CCN(C(=O)NC(C)(C)C)CC3)c(C(=O)N3CCCCC3)c2)c1. The molecule has 2 aromatic rings. The van der Waals surface area contributed by atoms with Crippen molar-refractivity contribution in [3.8, 4) is 5.75 Å². The van der Waals surface area contributed by atoms with E-state index in [4.69, 9.17) is 4.74 Å². The smallest absolute Gasteiger partial charge is 0.317 e. The second-order valence-electron chi connectivity index (χ2n) is 10.9. The van der Waals surface area contributed by atoms with Gasteiger partial charge >= 0.3 is 6.03 Å². The van der Waals surface area contributed by atoms with Crippen molar-refractivity contribution < 1.29 is 19.1 Å². The molecule has 0 unspecified atom stereocenters. The Morgan fingerprint density at radius 1 is 0.842 bits per heavy atom. The number of urea groups is 1. The zero-order valence-corrected chi connectivity index (χ0v) is 22.9. The van der Waals surface area contributed by atoms with Gasteiger partial charge in [0.05, 0.1) is 12.7 Å². The number of hydrogen-bond donors (Lipinski definition) is 2. The van der Waals surface area contributed by atoms with Gasteiger partial charge in [-0.05, 0) is 76.4 Å². The molecule has 4 rings (SSSR count). The van der Waals surface area contributed by atoms with E-state index < -0.39 is 0 Å². The van der Waals surface area contributed by atoms with Crippen LogP contribution >= 0.6 is 0 Å². The molecule has 9 nitrogen and oxygen atoms in total. The number of ether oxygens (including phenoxy) is 1. The zero-order valence-electron chi connectivity index (χ0n) is 22.9. The summed E-state index contributed by atoms with van der Waals surface area (Å²) in [5.41, 5.74) is 2.14. The number of piperidine rings is 1. The Labute approximate surface area is 225 Å². The molecule has 0 bridgehead atoms. The van der Waals surface area contributed by atoms with Gasteiger partial charge in [-0.2, -0.15) is 0 Å². The summed E-state index contributed by atoms with van der Waals surface area (Å²) in [7, 11) is 1.56. The zero-order chi connectivity index (χ0) is 27.3. The quantitative estimate of drug-likeness (QED) is 0.615. The van der Waals surface area contributed by atoms with E-state index in [0.717, 1.165) is 38.0 Å². The number of piperazine rings is 1. The second-order valence-corrected chi connectivity index (χ2v) is 10.9. The molecule has 4 amide bonds. The van der Waals surface area contributed by atoms with Gasteiger partial charge in [-0.3, -0.25) is 9.59 Å². The van der Waals surface area contributed by atoms with Crippen molar-refractivity contribution in [2.45, 2.75) is 45.6 Å². The summed E-state index contributed by atoms with van der Waals surface area (Å²) in [6, 6.07) is 12.4. The van der Waals surface area contributed by atoms with Gasteiger partial charge in [0.1, 0.15) is 5.75 Å². The summed E-state index contributed by atoms with van der Waals surface area (Å²) in [5.74, 6) is 0.306. The first kappa shape index (κ1) is 27.3. The summed E-state index contributed by atoms with van der Waals surface area (Å²) in [4.78, 5) is 45.1. The second kappa shape index (κ2) is 11.8. The van der Waals surface area contributed by atoms with Crippen LogP contribution in [0.1, 0.15) is 60.7 Å². The van der Waals surface area contributed by atoms with Crippen LogP contribution < -0.4 is 20.3 Å². The molecule has 9 heteroatoms. The number of methoxy groups -OCH3 is 1. The third kappa shape index (κ3) is 6.76. The van der Waals surface area contributed by atoms with Crippen LogP contribution in [-0.2, 0) is 0 Å². The van der Waals surface area contributed by atoms with Crippen LogP contribution in [0.5, 0.6) is 5.75 Å². The molecule has 0 saturated carbocycles. The van der Waals surface area contributed by atoms with Gasteiger partial charge in [0, 0.05) is 61.7 Å². The number of carbonyl (C=O) groups excluding carboxylic acids is 3. The van der Waals surface area contributed by atoms with Crippen LogP contribution in [0.25, 0.3) is 0 Å². The van der Waals surface area contributed by atoms with E-state index in [1.54, 1.807) is 37.4 Å². The van der Waals surface area contributed by atoms with E-state index in [1.807, 2.05) is 42.7 Å². The molecule has 2 aliphatic rings. The lowest BCUT2D eigenvalue weighted by molar-refractivity contribution is 0.0724. The van der Waals surface area contributed by atoms with Crippen LogP contribution in [0, 0.1) is 0 Å². The number of rotatable bonds is 5.